The number of nitrogens with zero attached hydrogens (tertiary/aromatic N) is 2. The van der Waals surface area contributed by atoms with Gasteiger partial charge in [-0.05, 0) is 36.4 Å². The zero-order valence-electron chi connectivity index (χ0n) is 9.84. The second-order valence-corrected chi connectivity index (χ2v) is 3.83. The molecule has 0 unspecified atom stereocenters. The van der Waals surface area contributed by atoms with Crippen LogP contribution >= 0.6 is 0 Å². The van der Waals surface area contributed by atoms with Gasteiger partial charge in [0, 0.05) is 11.9 Å². The van der Waals surface area contributed by atoms with Crippen molar-refractivity contribution in [3.63, 3.8) is 0 Å². The fourth-order valence-electron chi connectivity index (χ4n) is 1.75. The van der Waals surface area contributed by atoms with E-state index < -0.39 is 0 Å². The molecule has 2 heterocycles. The van der Waals surface area contributed by atoms with Crippen molar-refractivity contribution >= 4 is 22.5 Å². The SMILES string of the molecule is COc1ccc(Nc2n[nH]c3cccnc23)cc1. The van der Waals surface area contributed by atoms with Crippen LogP contribution < -0.4 is 10.1 Å². The number of rotatable bonds is 3. The highest BCUT2D eigenvalue weighted by Gasteiger charge is 2.06. The first kappa shape index (κ1) is 10.6. The van der Waals surface area contributed by atoms with Gasteiger partial charge in [0.15, 0.2) is 5.82 Å². The molecule has 5 nitrogen and oxygen atoms in total. The number of aromatic nitrogens is 3. The number of hydrogen-bond acceptors (Lipinski definition) is 4. The van der Waals surface area contributed by atoms with Crippen molar-refractivity contribution in [3.05, 3.63) is 42.6 Å². The maximum absolute atomic E-state index is 5.11. The number of anilines is 2. The summed E-state index contributed by atoms with van der Waals surface area (Å²) in [5.74, 6) is 1.54. The zero-order chi connectivity index (χ0) is 12.4. The van der Waals surface area contributed by atoms with Gasteiger partial charge >= 0.3 is 0 Å². The Kier molecular flexibility index (Phi) is 2.57. The van der Waals surface area contributed by atoms with Crippen LogP contribution in [0.3, 0.4) is 0 Å². The van der Waals surface area contributed by atoms with Gasteiger partial charge in [-0.25, -0.2) is 0 Å². The lowest BCUT2D eigenvalue weighted by atomic mass is 10.3. The van der Waals surface area contributed by atoms with Crippen molar-refractivity contribution < 1.29 is 4.74 Å². The van der Waals surface area contributed by atoms with Crippen LogP contribution in [0.2, 0.25) is 0 Å². The molecule has 0 amide bonds. The van der Waals surface area contributed by atoms with E-state index in [1.165, 1.54) is 0 Å². The number of H-pyrrole nitrogens is 1. The summed E-state index contributed by atoms with van der Waals surface area (Å²) in [6.45, 7) is 0. The van der Waals surface area contributed by atoms with Crippen LogP contribution in [0.15, 0.2) is 42.6 Å². The molecule has 0 aliphatic carbocycles. The van der Waals surface area contributed by atoms with Crippen LogP contribution in [-0.2, 0) is 0 Å². The van der Waals surface area contributed by atoms with Crippen molar-refractivity contribution in [1.29, 1.82) is 0 Å². The lowest BCUT2D eigenvalue weighted by Crippen LogP contribution is -1.92. The van der Waals surface area contributed by atoms with Gasteiger partial charge in [-0.1, -0.05) is 0 Å². The van der Waals surface area contributed by atoms with Gasteiger partial charge in [0.25, 0.3) is 0 Å². The van der Waals surface area contributed by atoms with Crippen molar-refractivity contribution in [2.45, 2.75) is 0 Å². The van der Waals surface area contributed by atoms with E-state index in [2.05, 4.69) is 20.5 Å². The highest BCUT2D eigenvalue weighted by molar-refractivity contribution is 5.87. The van der Waals surface area contributed by atoms with Crippen LogP contribution in [0.1, 0.15) is 0 Å². The molecule has 0 atom stereocenters. The molecule has 3 aromatic rings. The summed E-state index contributed by atoms with van der Waals surface area (Å²) in [7, 11) is 1.65. The Bertz CT molecular complexity index is 660. The summed E-state index contributed by atoms with van der Waals surface area (Å²) in [5, 5.41) is 10.4. The number of nitrogens with one attached hydrogen (secondary N) is 2. The monoisotopic (exact) mass is 240 g/mol. The van der Waals surface area contributed by atoms with Gasteiger partial charge in [0.2, 0.25) is 0 Å². The third-order valence-electron chi connectivity index (χ3n) is 2.67. The van der Waals surface area contributed by atoms with Gasteiger partial charge in [-0.15, -0.1) is 0 Å². The molecule has 0 saturated carbocycles. The predicted octanol–water partition coefficient (Wildman–Crippen LogP) is 2.71. The number of benzene rings is 1. The standard InChI is InChI=1S/C13H12N4O/c1-18-10-6-4-9(5-7-10)15-13-12-11(16-17-13)3-2-8-14-12/h2-8H,1H3,(H2,15,16,17). The molecule has 18 heavy (non-hydrogen) atoms. The van der Waals surface area contributed by atoms with Crippen LogP contribution in [0, 0.1) is 0 Å². The highest BCUT2D eigenvalue weighted by atomic mass is 16.5. The summed E-state index contributed by atoms with van der Waals surface area (Å²) < 4.78 is 5.11. The molecule has 5 heteroatoms. The van der Waals surface area contributed by atoms with E-state index in [0.29, 0.717) is 0 Å². The Balaban J connectivity index is 1.91. The molecule has 0 radical (unpaired) electrons. The highest BCUT2D eigenvalue weighted by Crippen LogP contribution is 2.23. The van der Waals surface area contributed by atoms with Crippen molar-refractivity contribution in [1.82, 2.24) is 15.2 Å². The second-order valence-electron chi connectivity index (χ2n) is 3.83. The number of hydrogen-bond donors (Lipinski definition) is 2. The molecule has 2 N–H and O–H groups in total. The van der Waals surface area contributed by atoms with E-state index in [1.807, 2.05) is 36.4 Å². The molecule has 2 aromatic heterocycles. The number of ether oxygens (including phenoxy) is 1. The molecule has 0 spiro atoms. The smallest absolute Gasteiger partial charge is 0.178 e. The molecule has 3 rings (SSSR count). The van der Waals surface area contributed by atoms with Gasteiger partial charge < -0.3 is 10.1 Å². The minimum absolute atomic E-state index is 0.718. The van der Waals surface area contributed by atoms with Crippen LogP contribution in [-0.4, -0.2) is 22.3 Å². The van der Waals surface area contributed by atoms with Gasteiger partial charge in [-0.3, -0.25) is 10.1 Å². The quantitative estimate of drug-likeness (QED) is 0.738. The molecule has 0 aliphatic rings. The van der Waals surface area contributed by atoms with Gasteiger partial charge in [-0.2, -0.15) is 5.10 Å². The van der Waals surface area contributed by atoms with E-state index in [4.69, 9.17) is 4.74 Å². The first-order chi connectivity index (χ1) is 8.86. The van der Waals surface area contributed by atoms with E-state index in [0.717, 1.165) is 28.3 Å². The van der Waals surface area contributed by atoms with Crippen LogP contribution in [0.4, 0.5) is 11.5 Å². The van der Waals surface area contributed by atoms with Crippen molar-refractivity contribution in [2.24, 2.45) is 0 Å². The maximum Gasteiger partial charge on any atom is 0.178 e. The average molecular weight is 240 g/mol. The zero-order valence-corrected chi connectivity index (χ0v) is 9.84. The topological polar surface area (TPSA) is 62.8 Å². The van der Waals surface area contributed by atoms with Crippen molar-refractivity contribution in [2.75, 3.05) is 12.4 Å². The Labute approximate surface area is 104 Å². The van der Waals surface area contributed by atoms with E-state index >= 15 is 0 Å². The minimum atomic E-state index is 0.718. The molecule has 1 aromatic carbocycles. The average Bonchev–Trinajstić information content (AvgIpc) is 2.83. The fraction of sp³-hybridized carbons (Fsp3) is 0.0769. The number of pyridine rings is 1. The summed E-state index contributed by atoms with van der Waals surface area (Å²) >= 11 is 0. The molecule has 0 saturated heterocycles. The summed E-state index contributed by atoms with van der Waals surface area (Å²) in [5.41, 5.74) is 2.68. The third-order valence-corrected chi connectivity index (χ3v) is 2.67. The molecule has 0 aliphatic heterocycles. The first-order valence-corrected chi connectivity index (χ1v) is 5.57. The lowest BCUT2D eigenvalue weighted by molar-refractivity contribution is 0.415. The van der Waals surface area contributed by atoms with Gasteiger partial charge in [0.05, 0.1) is 12.6 Å². The molecule has 90 valence electrons. The van der Waals surface area contributed by atoms with Crippen molar-refractivity contribution in [3.8, 4) is 5.75 Å². The Hall–Kier alpha value is -2.56. The maximum atomic E-state index is 5.11. The van der Waals surface area contributed by atoms with E-state index in [9.17, 15) is 0 Å². The molecular weight excluding hydrogens is 228 g/mol. The summed E-state index contributed by atoms with van der Waals surface area (Å²) in [6, 6.07) is 11.5. The second kappa shape index (κ2) is 4.37. The minimum Gasteiger partial charge on any atom is -0.497 e. The third kappa shape index (κ3) is 1.86. The Morgan fingerprint density at radius 2 is 2.00 bits per heavy atom. The number of methoxy groups -OCH3 is 1. The lowest BCUT2D eigenvalue weighted by Gasteiger charge is -2.04. The summed E-state index contributed by atoms with van der Waals surface area (Å²) in [4.78, 5) is 4.29. The molecule has 0 bridgehead atoms. The normalized spacial score (nSPS) is 10.5. The summed E-state index contributed by atoms with van der Waals surface area (Å²) in [6.07, 6.45) is 1.75. The molecule has 0 fully saturated rings. The Morgan fingerprint density at radius 1 is 1.17 bits per heavy atom. The van der Waals surface area contributed by atoms with Gasteiger partial charge in [0.1, 0.15) is 11.3 Å². The van der Waals surface area contributed by atoms with Crippen LogP contribution in [0.25, 0.3) is 11.0 Å². The number of fused-ring (bicyclic) bond motifs is 1. The number of aromatic amines is 1. The Morgan fingerprint density at radius 3 is 2.78 bits per heavy atom. The van der Waals surface area contributed by atoms with E-state index in [-0.39, 0.29) is 0 Å². The van der Waals surface area contributed by atoms with Crippen LogP contribution in [0.5, 0.6) is 5.75 Å². The fourth-order valence-corrected chi connectivity index (χ4v) is 1.75. The van der Waals surface area contributed by atoms with E-state index in [1.54, 1.807) is 13.3 Å². The molecular formula is C13H12N4O. The first-order valence-electron chi connectivity index (χ1n) is 5.57. The predicted molar refractivity (Wildman–Crippen MR) is 70.2 cm³/mol. The largest absolute Gasteiger partial charge is 0.497 e.